The fourth-order valence-electron chi connectivity index (χ4n) is 3.63. The molecular formula is C21H26N2O5. The number of ether oxygens (including phenoxy) is 3. The Labute approximate surface area is 164 Å². The van der Waals surface area contributed by atoms with Gasteiger partial charge in [-0.15, -0.1) is 0 Å². The number of methoxy groups -OCH3 is 3. The van der Waals surface area contributed by atoms with E-state index in [1.807, 2.05) is 30.3 Å². The number of carbonyl (C=O) groups excluding carboxylic acids is 1. The van der Waals surface area contributed by atoms with Crippen LogP contribution in [0.3, 0.4) is 0 Å². The van der Waals surface area contributed by atoms with Crippen molar-refractivity contribution in [3.05, 3.63) is 53.6 Å². The van der Waals surface area contributed by atoms with E-state index in [-0.39, 0.29) is 5.91 Å². The molecule has 2 aromatic carbocycles. The quantitative estimate of drug-likeness (QED) is 0.700. The Morgan fingerprint density at radius 1 is 1.07 bits per heavy atom. The van der Waals surface area contributed by atoms with Gasteiger partial charge in [0.1, 0.15) is 5.75 Å². The molecule has 0 bridgehead atoms. The molecule has 1 amide bonds. The first-order valence-electron chi connectivity index (χ1n) is 9.12. The second kappa shape index (κ2) is 8.50. The lowest BCUT2D eigenvalue weighted by molar-refractivity contribution is 0.0288. The number of rotatable bonds is 6. The first-order chi connectivity index (χ1) is 13.6. The molecule has 0 aromatic heterocycles. The van der Waals surface area contributed by atoms with Crippen molar-refractivity contribution in [2.75, 3.05) is 34.4 Å². The molecule has 1 fully saturated rings. The summed E-state index contributed by atoms with van der Waals surface area (Å²) in [6.45, 7) is 1.06. The van der Waals surface area contributed by atoms with Crippen LogP contribution in [0.5, 0.6) is 17.2 Å². The minimum atomic E-state index is -0.901. The Balaban J connectivity index is 2.02. The number of β-amino-alcohol motifs (C(OH)–C–C–N with tert-alkyl or cyclic N) is 1. The van der Waals surface area contributed by atoms with E-state index in [1.165, 1.54) is 21.3 Å². The molecule has 2 atom stereocenters. The third kappa shape index (κ3) is 3.63. The lowest BCUT2D eigenvalue weighted by Crippen LogP contribution is -2.61. The van der Waals surface area contributed by atoms with Crippen LogP contribution in [0.4, 0.5) is 0 Å². The van der Waals surface area contributed by atoms with Gasteiger partial charge >= 0.3 is 0 Å². The van der Waals surface area contributed by atoms with Crippen LogP contribution in [0.2, 0.25) is 0 Å². The van der Waals surface area contributed by atoms with E-state index in [4.69, 9.17) is 14.2 Å². The van der Waals surface area contributed by atoms with Gasteiger partial charge in [0.05, 0.1) is 38.5 Å². The van der Waals surface area contributed by atoms with Crippen LogP contribution in [0.25, 0.3) is 0 Å². The number of hydrogen-bond donors (Lipinski definition) is 3. The van der Waals surface area contributed by atoms with Gasteiger partial charge in [0.25, 0.3) is 5.91 Å². The normalized spacial score (nSPS) is 21.6. The molecule has 1 saturated heterocycles. The number of piperidine rings is 1. The molecule has 28 heavy (non-hydrogen) atoms. The zero-order valence-electron chi connectivity index (χ0n) is 16.3. The molecule has 0 radical (unpaired) electrons. The number of nitrogens with one attached hydrogen (secondary N) is 2. The second-order valence-corrected chi connectivity index (χ2v) is 6.67. The maximum absolute atomic E-state index is 13.3. The van der Waals surface area contributed by atoms with Gasteiger partial charge in [0.2, 0.25) is 0 Å². The number of aliphatic hydroxyl groups is 1. The zero-order valence-corrected chi connectivity index (χ0v) is 16.3. The lowest BCUT2D eigenvalue weighted by atomic mass is 9.79. The maximum atomic E-state index is 13.3. The molecule has 0 aliphatic carbocycles. The summed E-state index contributed by atoms with van der Waals surface area (Å²) < 4.78 is 16.0. The van der Waals surface area contributed by atoms with E-state index in [9.17, 15) is 9.90 Å². The van der Waals surface area contributed by atoms with Crippen molar-refractivity contribution in [1.82, 2.24) is 10.6 Å². The molecule has 150 valence electrons. The van der Waals surface area contributed by atoms with Crippen molar-refractivity contribution in [3.8, 4) is 17.2 Å². The van der Waals surface area contributed by atoms with Gasteiger partial charge in [-0.1, -0.05) is 30.3 Å². The van der Waals surface area contributed by atoms with Crippen LogP contribution in [-0.2, 0) is 5.54 Å². The van der Waals surface area contributed by atoms with E-state index >= 15 is 0 Å². The molecule has 0 saturated carbocycles. The monoisotopic (exact) mass is 386 g/mol. The Morgan fingerprint density at radius 2 is 1.71 bits per heavy atom. The summed E-state index contributed by atoms with van der Waals surface area (Å²) in [6.07, 6.45) is -0.224. The summed E-state index contributed by atoms with van der Waals surface area (Å²) in [5.41, 5.74) is 0.264. The Hall–Kier alpha value is -2.77. The Morgan fingerprint density at radius 3 is 2.32 bits per heavy atom. The van der Waals surface area contributed by atoms with E-state index in [0.29, 0.717) is 42.3 Å². The smallest absolute Gasteiger partial charge is 0.255 e. The minimum Gasteiger partial charge on any atom is -0.496 e. The molecule has 2 aromatic rings. The SMILES string of the molecule is COc1cc(OC)c(C(=O)N[C@@]2(c3ccccc3)CCNC[C@H]2O)cc1OC. The maximum Gasteiger partial charge on any atom is 0.255 e. The lowest BCUT2D eigenvalue weighted by Gasteiger charge is -2.43. The molecular weight excluding hydrogens is 360 g/mol. The highest BCUT2D eigenvalue weighted by Gasteiger charge is 2.43. The first kappa shape index (κ1) is 20.0. The molecule has 1 heterocycles. The van der Waals surface area contributed by atoms with E-state index < -0.39 is 11.6 Å². The predicted octanol–water partition coefficient (Wildman–Crippen LogP) is 1.69. The summed E-state index contributed by atoms with van der Waals surface area (Å²) >= 11 is 0. The van der Waals surface area contributed by atoms with Crippen molar-refractivity contribution in [2.45, 2.75) is 18.1 Å². The summed E-state index contributed by atoms with van der Waals surface area (Å²) in [5, 5.41) is 17.1. The van der Waals surface area contributed by atoms with Crippen LogP contribution < -0.4 is 24.8 Å². The average Bonchev–Trinajstić information content (AvgIpc) is 2.74. The number of aliphatic hydroxyl groups excluding tert-OH is 1. The summed E-state index contributed by atoms with van der Waals surface area (Å²) in [6, 6.07) is 12.7. The fraction of sp³-hybridized carbons (Fsp3) is 0.381. The van der Waals surface area contributed by atoms with Crippen LogP contribution >= 0.6 is 0 Å². The number of hydrogen-bond acceptors (Lipinski definition) is 6. The predicted molar refractivity (Wildman–Crippen MR) is 105 cm³/mol. The van der Waals surface area contributed by atoms with Crippen molar-refractivity contribution in [3.63, 3.8) is 0 Å². The largest absolute Gasteiger partial charge is 0.496 e. The van der Waals surface area contributed by atoms with E-state index in [2.05, 4.69) is 10.6 Å². The van der Waals surface area contributed by atoms with Gasteiger partial charge in [0, 0.05) is 18.7 Å². The van der Waals surface area contributed by atoms with Crippen LogP contribution in [0.15, 0.2) is 42.5 Å². The summed E-state index contributed by atoms with van der Waals surface area (Å²) in [4.78, 5) is 13.3. The first-order valence-corrected chi connectivity index (χ1v) is 9.12. The van der Waals surface area contributed by atoms with Gasteiger partial charge in [-0.2, -0.15) is 0 Å². The van der Waals surface area contributed by atoms with Crippen molar-refractivity contribution in [2.24, 2.45) is 0 Å². The topological polar surface area (TPSA) is 89.1 Å². The van der Waals surface area contributed by atoms with Crippen molar-refractivity contribution in [1.29, 1.82) is 0 Å². The highest BCUT2D eigenvalue weighted by Crippen LogP contribution is 2.36. The minimum absolute atomic E-state index is 0.307. The highest BCUT2D eigenvalue weighted by molar-refractivity contribution is 5.98. The van der Waals surface area contributed by atoms with Crippen molar-refractivity contribution >= 4 is 5.91 Å². The third-order valence-electron chi connectivity index (χ3n) is 5.18. The number of carbonyl (C=O) groups is 1. The van der Waals surface area contributed by atoms with Crippen molar-refractivity contribution < 1.29 is 24.1 Å². The molecule has 7 heteroatoms. The summed E-state index contributed by atoms with van der Waals surface area (Å²) in [5.74, 6) is 0.896. The second-order valence-electron chi connectivity index (χ2n) is 6.67. The van der Waals surface area contributed by atoms with Gasteiger partial charge in [-0.25, -0.2) is 0 Å². The highest BCUT2D eigenvalue weighted by atomic mass is 16.5. The summed E-state index contributed by atoms with van der Waals surface area (Å²) in [7, 11) is 4.52. The fourth-order valence-corrected chi connectivity index (χ4v) is 3.63. The van der Waals surface area contributed by atoms with Gasteiger partial charge in [0.15, 0.2) is 11.5 Å². The Bertz CT molecular complexity index is 827. The molecule has 7 nitrogen and oxygen atoms in total. The average molecular weight is 386 g/mol. The van der Waals surface area contributed by atoms with Gasteiger partial charge < -0.3 is 30.0 Å². The number of benzene rings is 2. The molecule has 0 unspecified atom stereocenters. The zero-order chi connectivity index (χ0) is 20.1. The van der Waals surface area contributed by atoms with Gasteiger partial charge in [-0.05, 0) is 18.5 Å². The molecule has 1 aliphatic rings. The standard InChI is InChI=1S/C21H26N2O5/c1-26-16-12-18(28-3)17(27-2)11-15(16)20(25)23-21(9-10-22-13-19(21)24)14-7-5-4-6-8-14/h4-8,11-12,19,22,24H,9-10,13H2,1-3H3,(H,23,25)/t19-,21-/m1/s1. The third-order valence-corrected chi connectivity index (χ3v) is 5.18. The molecule has 0 spiro atoms. The van der Waals surface area contributed by atoms with Gasteiger partial charge in [-0.3, -0.25) is 4.79 Å². The molecule has 3 N–H and O–H groups in total. The van der Waals surface area contributed by atoms with E-state index in [1.54, 1.807) is 12.1 Å². The van der Waals surface area contributed by atoms with Crippen LogP contribution in [0, 0.1) is 0 Å². The molecule has 1 aliphatic heterocycles. The van der Waals surface area contributed by atoms with Crippen LogP contribution in [0.1, 0.15) is 22.3 Å². The Kier molecular flexibility index (Phi) is 6.06. The van der Waals surface area contributed by atoms with E-state index in [0.717, 1.165) is 5.56 Å². The molecule has 3 rings (SSSR count). The number of amides is 1. The van der Waals surface area contributed by atoms with Crippen LogP contribution in [-0.4, -0.2) is 51.5 Å².